The minimum Gasteiger partial charge on any atom is -0.373 e. The van der Waals surface area contributed by atoms with Crippen LogP contribution in [0.1, 0.15) is 24.8 Å². The quantitative estimate of drug-likeness (QED) is 0.810. The van der Waals surface area contributed by atoms with E-state index in [0.29, 0.717) is 12.6 Å². The Hall–Kier alpha value is -2.14. The third kappa shape index (κ3) is 4.69. The number of hydrogen-bond acceptors (Lipinski definition) is 4. The highest BCUT2D eigenvalue weighted by atomic mass is 16.1. The van der Waals surface area contributed by atoms with Gasteiger partial charge in [-0.3, -0.25) is 4.79 Å². The fourth-order valence-electron chi connectivity index (χ4n) is 3.41. The molecule has 0 unspecified atom stereocenters. The van der Waals surface area contributed by atoms with Crippen LogP contribution in [0.4, 0.5) is 5.69 Å². The van der Waals surface area contributed by atoms with Gasteiger partial charge < -0.3 is 9.80 Å². The van der Waals surface area contributed by atoms with E-state index in [1.165, 1.54) is 18.4 Å². The highest BCUT2D eigenvalue weighted by Crippen LogP contribution is 2.16. The monoisotopic (exact) mass is 340 g/mol. The summed E-state index contributed by atoms with van der Waals surface area (Å²) in [6, 6.07) is 12.5. The first-order valence-electron chi connectivity index (χ1n) is 9.16. The van der Waals surface area contributed by atoms with E-state index >= 15 is 0 Å². The predicted octanol–water partition coefficient (Wildman–Crippen LogP) is 2.41. The standard InChI is InChI=1S/C20H28N4O/c1-22-12-7-6-10-18(22)16-24-20(25)14-19(15-21-24)23(2)13-11-17-8-4-3-5-9-17/h3-5,8-9,14-15,18H,6-7,10-13,16H2,1-2H3/t18-/m0/s1. The summed E-state index contributed by atoms with van der Waals surface area (Å²) in [5.74, 6) is 0. The molecule has 1 aromatic carbocycles. The second-order valence-electron chi connectivity index (χ2n) is 7.02. The van der Waals surface area contributed by atoms with E-state index < -0.39 is 0 Å². The Morgan fingerprint density at radius 2 is 2.04 bits per heavy atom. The summed E-state index contributed by atoms with van der Waals surface area (Å²) in [5.41, 5.74) is 2.17. The van der Waals surface area contributed by atoms with Crippen molar-refractivity contribution in [1.82, 2.24) is 14.7 Å². The van der Waals surface area contributed by atoms with Crippen LogP contribution in [0.25, 0.3) is 0 Å². The van der Waals surface area contributed by atoms with Gasteiger partial charge in [0.25, 0.3) is 5.56 Å². The Bertz CT molecular complexity index is 728. The third-order valence-corrected chi connectivity index (χ3v) is 5.18. The average molecular weight is 340 g/mol. The van der Waals surface area contributed by atoms with Crippen LogP contribution in [0.3, 0.4) is 0 Å². The van der Waals surface area contributed by atoms with E-state index in [0.717, 1.165) is 31.6 Å². The summed E-state index contributed by atoms with van der Waals surface area (Å²) in [4.78, 5) is 16.9. The summed E-state index contributed by atoms with van der Waals surface area (Å²) in [6.45, 7) is 2.66. The molecule has 2 aromatic rings. The molecule has 0 spiro atoms. The van der Waals surface area contributed by atoms with Crippen molar-refractivity contribution < 1.29 is 0 Å². The Labute approximate surface area is 149 Å². The second-order valence-corrected chi connectivity index (χ2v) is 7.02. The Kier molecular flexibility index (Phi) is 5.87. The molecule has 0 bridgehead atoms. The fourth-order valence-corrected chi connectivity index (χ4v) is 3.41. The Morgan fingerprint density at radius 3 is 2.76 bits per heavy atom. The molecule has 0 radical (unpaired) electrons. The third-order valence-electron chi connectivity index (χ3n) is 5.18. The van der Waals surface area contributed by atoms with E-state index in [1.54, 1.807) is 10.7 Å². The van der Waals surface area contributed by atoms with Gasteiger partial charge in [0.15, 0.2) is 0 Å². The van der Waals surface area contributed by atoms with Gasteiger partial charge >= 0.3 is 0 Å². The number of nitrogens with zero attached hydrogens (tertiary/aromatic N) is 4. The summed E-state index contributed by atoms with van der Waals surface area (Å²) in [6.07, 6.45) is 6.40. The molecule has 3 rings (SSSR count). The summed E-state index contributed by atoms with van der Waals surface area (Å²) in [7, 11) is 4.15. The molecule has 0 amide bonds. The smallest absolute Gasteiger partial charge is 0.268 e. The molecular weight excluding hydrogens is 312 g/mol. The molecule has 2 heterocycles. The van der Waals surface area contributed by atoms with Crippen LogP contribution in [-0.2, 0) is 13.0 Å². The molecule has 0 aliphatic carbocycles. The first-order valence-corrected chi connectivity index (χ1v) is 9.16. The number of benzene rings is 1. The van der Waals surface area contributed by atoms with Crippen LogP contribution in [0, 0.1) is 0 Å². The van der Waals surface area contributed by atoms with E-state index in [1.807, 2.05) is 19.3 Å². The molecular formula is C20H28N4O. The van der Waals surface area contributed by atoms with Crippen LogP contribution in [0.2, 0.25) is 0 Å². The fraction of sp³-hybridized carbons (Fsp3) is 0.500. The van der Waals surface area contributed by atoms with Crippen molar-refractivity contribution in [3.05, 3.63) is 58.5 Å². The van der Waals surface area contributed by atoms with Gasteiger partial charge in [-0.1, -0.05) is 36.8 Å². The number of piperidine rings is 1. The van der Waals surface area contributed by atoms with Crippen LogP contribution >= 0.6 is 0 Å². The SMILES string of the molecule is CN(CCc1ccccc1)c1cnn(C[C@@H]2CCCCN2C)c(=O)c1. The van der Waals surface area contributed by atoms with Crippen molar-refractivity contribution in [3.8, 4) is 0 Å². The number of rotatable bonds is 6. The van der Waals surface area contributed by atoms with Crippen molar-refractivity contribution in [3.63, 3.8) is 0 Å². The Balaban J connectivity index is 1.61. The highest BCUT2D eigenvalue weighted by Gasteiger charge is 2.20. The lowest BCUT2D eigenvalue weighted by atomic mass is 10.0. The van der Waals surface area contributed by atoms with Gasteiger partial charge in [-0.25, -0.2) is 4.68 Å². The van der Waals surface area contributed by atoms with Crippen LogP contribution < -0.4 is 10.5 Å². The van der Waals surface area contributed by atoms with E-state index in [9.17, 15) is 4.79 Å². The molecule has 5 nitrogen and oxygen atoms in total. The lowest BCUT2D eigenvalue weighted by Gasteiger charge is -2.32. The number of hydrogen-bond donors (Lipinski definition) is 0. The molecule has 1 aliphatic rings. The summed E-state index contributed by atoms with van der Waals surface area (Å²) < 4.78 is 1.61. The number of aromatic nitrogens is 2. The largest absolute Gasteiger partial charge is 0.373 e. The lowest BCUT2D eigenvalue weighted by Crippen LogP contribution is -2.41. The van der Waals surface area contributed by atoms with Gasteiger partial charge in [-0.05, 0) is 38.4 Å². The number of anilines is 1. The van der Waals surface area contributed by atoms with Crippen LogP contribution in [-0.4, -0.2) is 47.9 Å². The van der Waals surface area contributed by atoms with Gasteiger partial charge in [0, 0.05) is 25.7 Å². The molecule has 1 atom stereocenters. The van der Waals surface area contributed by atoms with Crippen LogP contribution in [0.5, 0.6) is 0 Å². The number of likely N-dealkylation sites (tertiary alicyclic amines) is 1. The topological polar surface area (TPSA) is 41.4 Å². The zero-order valence-electron chi connectivity index (χ0n) is 15.3. The minimum atomic E-state index is -0.0111. The molecule has 0 saturated carbocycles. The molecule has 1 aliphatic heterocycles. The first kappa shape index (κ1) is 17.7. The molecule has 0 N–H and O–H groups in total. The molecule has 25 heavy (non-hydrogen) atoms. The highest BCUT2D eigenvalue weighted by molar-refractivity contribution is 5.42. The minimum absolute atomic E-state index is 0.0111. The molecule has 134 valence electrons. The van der Waals surface area contributed by atoms with Gasteiger partial charge in [0.1, 0.15) is 0 Å². The van der Waals surface area contributed by atoms with E-state index in [4.69, 9.17) is 0 Å². The van der Waals surface area contributed by atoms with Gasteiger partial charge in [-0.15, -0.1) is 0 Å². The zero-order valence-corrected chi connectivity index (χ0v) is 15.3. The van der Waals surface area contributed by atoms with Gasteiger partial charge in [-0.2, -0.15) is 5.10 Å². The first-order chi connectivity index (χ1) is 12.1. The van der Waals surface area contributed by atoms with Crippen molar-refractivity contribution in [1.29, 1.82) is 0 Å². The molecule has 1 saturated heterocycles. The maximum atomic E-state index is 12.5. The van der Waals surface area contributed by atoms with Crippen molar-refractivity contribution in [2.24, 2.45) is 0 Å². The van der Waals surface area contributed by atoms with Crippen molar-refractivity contribution in [2.45, 2.75) is 38.3 Å². The average Bonchev–Trinajstić information content (AvgIpc) is 2.64. The van der Waals surface area contributed by atoms with Crippen molar-refractivity contribution >= 4 is 5.69 Å². The van der Waals surface area contributed by atoms with E-state index in [2.05, 4.69) is 46.2 Å². The maximum Gasteiger partial charge on any atom is 0.268 e. The molecule has 5 heteroatoms. The van der Waals surface area contributed by atoms with Gasteiger partial charge in [0.05, 0.1) is 18.4 Å². The molecule has 1 fully saturated rings. The predicted molar refractivity (Wildman–Crippen MR) is 102 cm³/mol. The van der Waals surface area contributed by atoms with Crippen molar-refractivity contribution in [2.75, 3.05) is 32.1 Å². The van der Waals surface area contributed by atoms with E-state index in [-0.39, 0.29) is 5.56 Å². The zero-order chi connectivity index (χ0) is 17.6. The normalized spacial score (nSPS) is 18.2. The number of likely N-dealkylation sites (N-methyl/N-ethyl adjacent to an activating group) is 2. The lowest BCUT2D eigenvalue weighted by molar-refractivity contribution is 0.161. The second kappa shape index (κ2) is 8.30. The summed E-state index contributed by atoms with van der Waals surface area (Å²) in [5, 5.41) is 4.42. The summed E-state index contributed by atoms with van der Waals surface area (Å²) >= 11 is 0. The Morgan fingerprint density at radius 1 is 1.24 bits per heavy atom. The molecule has 1 aromatic heterocycles. The maximum absolute atomic E-state index is 12.5. The van der Waals surface area contributed by atoms with Crippen LogP contribution in [0.15, 0.2) is 47.4 Å². The van der Waals surface area contributed by atoms with Gasteiger partial charge in [0.2, 0.25) is 0 Å².